The second kappa shape index (κ2) is 7.82. The third kappa shape index (κ3) is 5.89. The summed E-state index contributed by atoms with van der Waals surface area (Å²) in [6.07, 6.45) is 0. The van der Waals surface area contributed by atoms with E-state index in [1.54, 1.807) is 18.4 Å². The van der Waals surface area contributed by atoms with Gasteiger partial charge in [0.1, 0.15) is 0 Å². The quantitative estimate of drug-likeness (QED) is 0.691. The van der Waals surface area contributed by atoms with E-state index in [1.807, 2.05) is 0 Å². The first-order valence-electron chi connectivity index (χ1n) is 5.15. The zero-order valence-electron chi connectivity index (χ0n) is 9.36. The molecule has 15 heavy (non-hydrogen) atoms. The molecule has 0 amide bonds. The lowest BCUT2D eigenvalue weighted by atomic mass is 10.3. The van der Waals surface area contributed by atoms with Gasteiger partial charge in [-0.05, 0) is 18.4 Å². The minimum absolute atomic E-state index is 0.379. The Labute approximate surface area is 95.4 Å². The van der Waals surface area contributed by atoms with Crippen LogP contribution >= 0.6 is 11.3 Å². The molecular weight excluding hydrogens is 210 g/mol. The summed E-state index contributed by atoms with van der Waals surface area (Å²) in [6.45, 7) is 5.11. The third-order valence-electron chi connectivity index (χ3n) is 2.00. The van der Waals surface area contributed by atoms with Gasteiger partial charge in [-0.1, -0.05) is 6.07 Å². The monoisotopic (exact) mass is 229 g/mol. The van der Waals surface area contributed by atoms with Gasteiger partial charge in [-0.15, -0.1) is 11.3 Å². The fraction of sp³-hybridized carbons (Fsp3) is 0.636. The van der Waals surface area contributed by atoms with E-state index in [1.165, 1.54) is 4.88 Å². The van der Waals surface area contributed by atoms with Crippen molar-refractivity contribution in [1.29, 1.82) is 0 Å². The Morgan fingerprint density at radius 2 is 2.33 bits per heavy atom. The van der Waals surface area contributed by atoms with E-state index >= 15 is 0 Å². The molecule has 0 saturated carbocycles. The molecule has 1 rings (SSSR count). The lowest BCUT2D eigenvalue weighted by molar-refractivity contribution is 0.0609. The van der Waals surface area contributed by atoms with Crippen molar-refractivity contribution in [3.63, 3.8) is 0 Å². The van der Waals surface area contributed by atoms with Gasteiger partial charge in [-0.25, -0.2) is 0 Å². The van der Waals surface area contributed by atoms with E-state index in [-0.39, 0.29) is 0 Å². The topological polar surface area (TPSA) is 30.5 Å². The zero-order chi connectivity index (χ0) is 10.9. The maximum Gasteiger partial charge on any atom is 0.0701 e. The van der Waals surface area contributed by atoms with Crippen LogP contribution in [0.4, 0.5) is 0 Å². The van der Waals surface area contributed by atoms with Crippen molar-refractivity contribution in [2.24, 2.45) is 0 Å². The van der Waals surface area contributed by atoms with Crippen LogP contribution in [-0.4, -0.2) is 33.0 Å². The van der Waals surface area contributed by atoms with Gasteiger partial charge in [0.25, 0.3) is 0 Å². The Hall–Kier alpha value is -0.420. The highest BCUT2D eigenvalue weighted by atomic mass is 32.1. The fourth-order valence-corrected chi connectivity index (χ4v) is 1.81. The van der Waals surface area contributed by atoms with Crippen LogP contribution in [0.5, 0.6) is 0 Å². The summed E-state index contributed by atoms with van der Waals surface area (Å²) >= 11 is 1.77. The van der Waals surface area contributed by atoms with E-state index in [0.717, 1.165) is 13.2 Å². The van der Waals surface area contributed by atoms with Crippen molar-refractivity contribution in [3.8, 4) is 0 Å². The maximum absolute atomic E-state index is 5.42. The summed E-state index contributed by atoms with van der Waals surface area (Å²) < 4.78 is 10.3. The summed E-state index contributed by atoms with van der Waals surface area (Å²) in [5.74, 6) is 0. The summed E-state index contributed by atoms with van der Waals surface area (Å²) in [5, 5.41) is 5.50. The minimum atomic E-state index is 0.379. The van der Waals surface area contributed by atoms with Crippen LogP contribution in [0.25, 0.3) is 0 Å². The normalized spacial score (nSPS) is 12.9. The van der Waals surface area contributed by atoms with Gasteiger partial charge in [0, 0.05) is 24.6 Å². The first-order chi connectivity index (χ1) is 7.33. The van der Waals surface area contributed by atoms with Gasteiger partial charge >= 0.3 is 0 Å². The van der Waals surface area contributed by atoms with Gasteiger partial charge < -0.3 is 14.8 Å². The summed E-state index contributed by atoms with van der Waals surface area (Å²) in [7, 11) is 1.68. The highest BCUT2D eigenvalue weighted by Crippen LogP contribution is 2.07. The van der Waals surface area contributed by atoms with E-state index < -0.39 is 0 Å². The molecule has 1 aromatic rings. The van der Waals surface area contributed by atoms with Crippen molar-refractivity contribution in [2.45, 2.75) is 19.5 Å². The Bertz CT molecular complexity index is 239. The molecule has 0 saturated heterocycles. The number of thiophene rings is 1. The first-order valence-corrected chi connectivity index (χ1v) is 6.03. The smallest absolute Gasteiger partial charge is 0.0701 e. The van der Waals surface area contributed by atoms with E-state index in [4.69, 9.17) is 9.47 Å². The van der Waals surface area contributed by atoms with Gasteiger partial charge in [0.2, 0.25) is 0 Å². The third-order valence-corrected chi connectivity index (χ3v) is 2.88. The molecule has 0 spiro atoms. The molecule has 1 atom stereocenters. The van der Waals surface area contributed by atoms with Crippen LogP contribution in [0.3, 0.4) is 0 Å². The van der Waals surface area contributed by atoms with Crippen LogP contribution in [0, 0.1) is 0 Å². The molecule has 0 fully saturated rings. The van der Waals surface area contributed by atoms with E-state index in [0.29, 0.717) is 19.3 Å². The molecule has 0 aliphatic carbocycles. The Morgan fingerprint density at radius 1 is 1.47 bits per heavy atom. The number of ether oxygens (including phenoxy) is 2. The van der Waals surface area contributed by atoms with Gasteiger partial charge in [-0.3, -0.25) is 0 Å². The van der Waals surface area contributed by atoms with Gasteiger partial charge in [-0.2, -0.15) is 0 Å². The van der Waals surface area contributed by atoms with Crippen molar-refractivity contribution in [2.75, 3.05) is 26.9 Å². The minimum Gasteiger partial charge on any atom is -0.382 e. The Kier molecular flexibility index (Phi) is 6.59. The molecule has 1 N–H and O–H groups in total. The van der Waals surface area contributed by atoms with Crippen LogP contribution in [-0.2, 0) is 16.0 Å². The Morgan fingerprint density at radius 3 is 3.00 bits per heavy atom. The average Bonchev–Trinajstić information content (AvgIpc) is 2.74. The van der Waals surface area contributed by atoms with E-state index in [2.05, 4.69) is 29.8 Å². The van der Waals surface area contributed by atoms with Crippen molar-refractivity contribution in [3.05, 3.63) is 22.4 Å². The molecule has 0 radical (unpaired) electrons. The maximum atomic E-state index is 5.42. The molecule has 0 bridgehead atoms. The average molecular weight is 229 g/mol. The van der Waals surface area contributed by atoms with Crippen LogP contribution in [0.1, 0.15) is 11.8 Å². The van der Waals surface area contributed by atoms with Crippen LogP contribution in [0.15, 0.2) is 17.5 Å². The zero-order valence-corrected chi connectivity index (χ0v) is 10.2. The van der Waals surface area contributed by atoms with Crippen molar-refractivity contribution in [1.82, 2.24) is 5.32 Å². The van der Waals surface area contributed by atoms with Crippen molar-refractivity contribution < 1.29 is 9.47 Å². The van der Waals surface area contributed by atoms with E-state index in [9.17, 15) is 0 Å². The Balaban J connectivity index is 2.01. The molecule has 0 aliphatic rings. The number of hydrogen-bond acceptors (Lipinski definition) is 4. The molecule has 1 unspecified atom stereocenters. The number of nitrogens with one attached hydrogen (secondary N) is 1. The first kappa shape index (κ1) is 12.6. The second-order valence-electron chi connectivity index (χ2n) is 3.43. The molecule has 4 heteroatoms. The van der Waals surface area contributed by atoms with Gasteiger partial charge in [0.05, 0.1) is 19.8 Å². The number of methoxy groups -OCH3 is 1. The molecular formula is C11H19NO2S. The number of rotatable bonds is 8. The summed E-state index contributed by atoms with van der Waals surface area (Å²) in [4.78, 5) is 1.36. The predicted molar refractivity (Wildman–Crippen MR) is 63.3 cm³/mol. The highest BCUT2D eigenvalue weighted by Gasteiger charge is 2.01. The standard InChI is InChI=1S/C11H19NO2S/c1-10(9-14-6-5-13-2)12-8-11-4-3-7-15-11/h3-4,7,10,12H,5-6,8-9H2,1-2H3. The molecule has 0 aromatic carbocycles. The van der Waals surface area contributed by atoms with Crippen molar-refractivity contribution >= 4 is 11.3 Å². The molecule has 1 heterocycles. The SMILES string of the molecule is COCCOCC(C)NCc1cccs1. The second-order valence-corrected chi connectivity index (χ2v) is 4.46. The molecule has 3 nitrogen and oxygen atoms in total. The largest absolute Gasteiger partial charge is 0.382 e. The lowest BCUT2D eigenvalue weighted by Crippen LogP contribution is -2.30. The summed E-state index contributed by atoms with van der Waals surface area (Å²) in [6, 6.07) is 4.58. The molecule has 1 aromatic heterocycles. The lowest BCUT2D eigenvalue weighted by Gasteiger charge is -2.13. The molecule has 0 aliphatic heterocycles. The van der Waals surface area contributed by atoms with Gasteiger partial charge in [0.15, 0.2) is 0 Å². The van der Waals surface area contributed by atoms with Crippen LogP contribution < -0.4 is 5.32 Å². The fourth-order valence-electron chi connectivity index (χ4n) is 1.15. The number of hydrogen-bond donors (Lipinski definition) is 1. The highest BCUT2D eigenvalue weighted by molar-refractivity contribution is 7.09. The predicted octanol–water partition coefficient (Wildman–Crippen LogP) is 1.89. The molecule has 86 valence electrons. The van der Waals surface area contributed by atoms with Crippen LogP contribution in [0.2, 0.25) is 0 Å². The summed E-state index contributed by atoms with van der Waals surface area (Å²) in [5.41, 5.74) is 0.